The summed E-state index contributed by atoms with van der Waals surface area (Å²) in [5.74, 6) is -2.56. The Kier molecular flexibility index (Phi) is 39.4. The molecule has 0 N–H and O–H groups in total. The number of rotatable bonds is 16. The minimum absolute atomic E-state index is 0.0268. The van der Waals surface area contributed by atoms with E-state index in [1.807, 2.05) is 20.8 Å². The van der Waals surface area contributed by atoms with Crippen molar-refractivity contribution in [3.8, 4) is 0 Å². The molecule has 20 nitrogen and oxygen atoms in total. The normalized spacial score (nSPS) is 11.0. The van der Waals surface area contributed by atoms with Crippen molar-refractivity contribution in [3.63, 3.8) is 0 Å². The molecule has 306 valence electrons. The van der Waals surface area contributed by atoms with Crippen molar-refractivity contribution < 1.29 is 85.8 Å². The number of amides is 2. The van der Waals surface area contributed by atoms with Crippen LogP contribution in [-0.2, 0) is 79.8 Å². The fourth-order valence-corrected chi connectivity index (χ4v) is 3.16. The third-order valence-electron chi connectivity index (χ3n) is 5.18. The number of unbranched alkanes of at least 4 members (excludes halogenated alkanes) is 3. The molecule has 1 rings (SSSR count). The number of carbonyl (C=O) groups excluding carboxylic acids is 8. The van der Waals surface area contributed by atoms with Gasteiger partial charge in [-0.25, -0.2) is 4.79 Å². The van der Waals surface area contributed by atoms with Crippen LogP contribution in [0.2, 0.25) is 0 Å². The van der Waals surface area contributed by atoms with E-state index in [0.29, 0.717) is 30.7 Å². The van der Waals surface area contributed by atoms with Gasteiger partial charge < -0.3 is 9.57 Å². The van der Waals surface area contributed by atoms with Crippen molar-refractivity contribution in [2.45, 2.75) is 144 Å². The fourth-order valence-electron chi connectivity index (χ4n) is 3.16. The fraction of sp³-hybridized carbons (Fsp3) is 0.733. The summed E-state index contributed by atoms with van der Waals surface area (Å²) in [6, 6.07) is 0. The lowest BCUT2D eigenvalue weighted by molar-refractivity contribution is -0.197. The summed E-state index contributed by atoms with van der Waals surface area (Å²) in [6.45, 7) is 12.8. The second-order valence-electron chi connectivity index (χ2n) is 11.4. The summed E-state index contributed by atoms with van der Waals surface area (Å²) < 4.78 is 81.0. The second kappa shape index (κ2) is 36.0. The second-order valence-corrected chi connectivity index (χ2v) is 12.6. The van der Waals surface area contributed by atoms with Gasteiger partial charge in [-0.3, -0.25) is 33.6 Å². The molecule has 2 amide bonds. The first-order valence-corrected chi connectivity index (χ1v) is 18.9. The van der Waals surface area contributed by atoms with Crippen molar-refractivity contribution in [3.05, 3.63) is 0 Å². The molecule has 0 unspecified atom stereocenters. The summed E-state index contributed by atoms with van der Waals surface area (Å²) >= 11 is 0. The Balaban J connectivity index is -0.000000192. The van der Waals surface area contributed by atoms with E-state index in [2.05, 4.69) is 4.84 Å². The lowest BCUT2D eigenvalue weighted by atomic mass is 10.1. The van der Waals surface area contributed by atoms with Crippen LogP contribution in [0.1, 0.15) is 138 Å². The Morgan fingerprint density at radius 3 is 1.11 bits per heavy atom. The number of imide groups is 1. The molecule has 1 fully saturated rings. The van der Waals surface area contributed by atoms with E-state index in [9.17, 15) is 38.4 Å². The topological polar surface area (TPSA) is 312 Å². The van der Waals surface area contributed by atoms with E-state index < -0.39 is 67.6 Å². The molecule has 0 aromatic heterocycles. The maximum atomic E-state index is 11.3. The largest absolute Gasteiger partial charge is 0.460 e. The zero-order valence-electron chi connectivity index (χ0n) is 30.8. The van der Waals surface area contributed by atoms with Gasteiger partial charge in [-0.2, -0.15) is 0 Å². The van der Waals surface area contributed by atoms with Crippen molar-refractivity contribution in [1.29, 1.82) is 0 Å². The minimum Gasteiger partial charge on any atom is -0.460 e. The molecule has 0 aliphatic carbocycles. The molecule has 0 saturated carbocycles. The lowest BCUT2D eigenvalue weighted by Crippen LogP contribution is -2.32. The van der Waals surface area contributed by atoms with E-state index >= 15 is 0 Å². The molecule has 53 heavy (non-hydrogen) atoms. The Hall–Kier alpha value is -4.38. The monoisotopic (exact) mass is 823 g/mol. The summed E-state index contributed by atoms with van der Waals surface area (Å²) in [6.07, 6.45) is 6.44. The van der Waals surface area contributed by atoms with Crippen LogP contribution in [-0.4, -0.2) is 95.4 Å². The van der Waals surface area contributed by atoms with Gasteiger partial charge in [0.05, 0.1) is 6.42 Å². The van der Waals surface area contributed by atoms with Crippen LogP contribution >= 0.6 is 0 Å². The third kappa shape index (κ3) is 57.2. The quantitative estimate of drug-likeness (QED) is 0.122. The van der Waals surface area contributed by atoms with E-state index in [-0.39, 0.29) is 48.8 Å². The number of carbonyl (C=O) groups is 8. The van der Waals surface area contributed by atoms with Crippen molar-refractivity contribution in [1.82, 2.24) is 5.06 Å². The van der Waals surface area contributed by atoms with Crippen LogP contribution in [0.3, 0.4) is 0 Å². The summed E-state index contributed by atoms with van der Waals surface area (Å²) in [7, 11) is -9.33. The molecular formula is C30H49NO19S3. The van der Waals surface area contributed by atoms with Crippen LogP contribution < -0.4 is 0 Å². The SMILES string of the molecule is CCCCC(=O)CC(=O)OC(C)(C)C.CCCCC(=O)CC(=O)ON1C(=O)CCC1=O.CCCCC(=O)CC(C)=O.O=S(=O)=O.O=S(=O)=O.O=S(=O)=O. The number of ketones is 4. The Bertz CT molecular complexity index is 1420. The summed E-state index contributed by atoms with van der Waals surface area (Å²) in [5, 5.41) is 0.454. The highest BCUT2D eigenvalue weighted by molar-refractivity contribution is 7.59. The number of nitrogens with zero attached hydrogens (tertiary/aromatic N) is 1. The van der Waals surface area contributed by atoms with E-state index in [0.717, 1.165) is 32.1 Å². The van der Waals surface area contributed by atoms with E-state index in [1.54, 1.807) is 20.8 Å². The first-order chi connectivity index (χ1) is 24.2. The van der Waals surface area contributed by atoms with Gasteiger partial charge in [0.2, 0.25) is 0 Å². The van der Waals surface area contributed by atoms with Crippen LogP contribution in [0.5, 0.6) is 0 Å². The number of hydrogen-bond acceptors (Lipinski definition) is 19. The molecule has 1 aliphatic heterocycles. The number of hydrogen-bond donors (Lipinski definition) is 0. The highest BCUT2D eigenvalue weighted by Gasteiger charge is 2.33. The van der Waals surface area contributed by atoms with Crippen LogP contribution in [0.25, 0.3) is 0 Å². The number of hydroxylamine groups is 2. The molecule has 1 aliphatic rings. The van der Waals surface area contributed by atoms with Crippen molar-refractivity contribution >= 4 is 78.7 Å². The average molecular weight is 824 g/mol. The molecule has 0 aromatic rings. The van der Waals surface area contributed by atoms with Gasteiger partial charge in [-0.1, -0.05) is 40.0 Å². The average Bonchev–Trinajstić information content (AvgIpc) is 3.28. The molecular weight excluding hydrogens is 775 g/mol. The van der Waals surface area contributed by atoms with Crippen LogP contribution in [0.4, 0.5) is 0 Å². The maximum Gasteiger partial charge on any atom is 0.425 e. The molecule has 0 spiro atoms. The number of esters is 1. The van der Waals surface area contributed by atoms with Gasteiger partial charge in [0, 0.05) is 32.1 Å². The van der Waals surface area contributed by atoms with Crippen LogP contribution in [0, 0.1) is 0 Å². The highest BCUT2D eigenvalue weighted by Crippen LogP contribution is 2.13. The van der Waals surface area contributed by atoms with Gasteiger partial charge in [-0.15, -0.1) is 42.9 Å². The molecule has 0 aromatic carbocycles. The molecule has 23 heteroatoms. The first-order valence-electron chi connectivity index (χ1n) is 15.9. The van der Waals surface area contributed by atoms with Crippen LogP contribution in [0.15, 0.2) is 0 Å². The Morgan fingerprint density at radius 2 is 0.849 bits per heavy atom. The lowest BCUT2D eigenvalue weighted by Gasteiger charge is -2.19. The first kappa shape index (κ1) is 57.9. The van der Waals surface area contributed by atoms with E-state index in [1.165, 1.54) is 6.92 Å². The van der Waals surface area contributed by atoms with E-state index in [4.69, 9.17) is 42.6 Å². The number of Topliss-reactive ketones (excluding diaryl/α,β-unsaturated/α-hetero) is 4. The van der Waals surface area contributed by atoms with Gasteiger partial charge in [-0.05, 0) is 47.0 Å². The summed E-state index contributed by atoms with van der Waals surface area (Å²) in [5.41, 5.74) is -0.498. The number of ether oxygens (including phenoxy) is 1. The smallest absolute Gasteiger partial charge is 0.425 e. The minimum atomic E-state index is -3.11. The zero-order valence-corrected chi connectivity index (χ0v) is 33.3. The third-order valence-corrected chi connectivity index (χ3v) is 5.18. The molecule has 1 saturated heterocycles. The van der Waals surface area contributed by atoms with Gasteiger partial charge in [0.25, 0.3) is 11.8 Å². The van der Waals surface area contributed by atoms with Gasteiger partial charge >= 0.3 is 43.8 Å². The standard InChI is InChI=1S/C11H15NO5.C11H20O3.C8H14O2.3O3S/c1-2-3-4-8(13)7-11(16)17-12-9(14)5-6-10(12)15;1-5-6-7-9(12)8-10(13)14-11(2,3)4;1-3-4-5-8(10)6-7(2)9;3*1-4(2)3/h2-7H2,1H3;5-8H2,1-4H3;3-6H2,1-2H3;;;. The molecule has 0 radical (unpaired) electrons. The molecule has 1 heterocycles. The van der Waals surface area contributed by atoms with Gasteiger partial charge in [0.1, 0.15) is 41.6 Å². The van der Waals surface area contributed by atoms with Gasteiger partial charge in [0.15, 0.2) is 0 Å². The predicted octanol–water partition coefficient (Wildman–Crippen LogP) is 1.93. The highest BCUT2D eigenvalue weighted by atomic mass is 32.2. The maximum absolute atomic E-state index is 11.3. The summed E-state index contributed by atoms with van der Waals surface area (Å²) in [4.78, 5) is 92.9. The Morgan fingerprint density at radius 1 is 0.566 bits per heavy atom. The Labute approximate surface area is 312 Å². The molecule has 0 atom stereocenters. The van der Waals surface area contributed by atoms with Crippen molar-refractivity contribution in [2.24, 2.45) is 0 Å². The molecule has 0 bridgehead atoms. The van der Waals surface area contributed by atoms with Crippen molar-refractivity contribution in [2.75, 3.05) is 0 Å². The predicted molar refractivity (Wildman–Crippen MR) is 180 cm³/mol. The zero-order chi connectivity index (χ0) is 42.7.